The van der Waals surface area contributed by atoms with E-state index in [1.807, 2.05) is 12.1 Å². The molecule has 0 radical (unpaired) electrons. The predicted octanol–water partition coefficient (Wildman–Crippen LogP) is 2.69. The fourth-order valence-electron chi connectivity index (χ4n) is 3.53. The molecule has 1 aliphatic heterocycles. The lowest BCUT2D eigenvalue weighted by molar-refractivity contribution is -0.207. The van der Waals surface area contributed by atoms with Gasteiger partial charge in [-0.3, -0.25) is 0 Å². The van der Waals surface area contributed by atoms with Crippen LogP contribution in [0.2, 0.25) is 5.02 Å². The zero-order valence-electron chi connectivity index (χ0n) is 17.2. The number of unbranched alkanes of at least 4 members (excludes halogenated alkanes) is 1. The Morgan fingerprint density at radius 2 is 1.93 bits per heavy atom. The lowest BCUT2D eigenvalue weighted by Gasteiger charge is -2.41. The van der Waals surface area contributed by atoms with E-state index in [1.54, 1.807) is 25.1 Å². The third-order valence-corrected chi connectivity index (χ3v) is 5.87. The lowest BCUT2D eigenvalue weighted by atomic mass is 9.85. The first-order chi connectivity index (χ1) is 14.4. The molecule has 8 heteroatoms. The van der Waals surface area contributed by atoms with Crippen molar-refractivity contribution >= 4 is 11.6 Å². The number of ether oxygens (including phenoxy) is 2. The second-order valence-electron chi connectivity index (χ2n) is 7.71. The molecule has 0 bridgehead atoms. The summed E-state index contributed by atoms with van der Waals surface area (Å²) >= 11 is 6.38. The summed E-state index contributed by atoms with van der Waals surface area (Å²) in [5, 5.41) is 39.3. The van der Waals surface area contributed by atoms with Crippen molar-refractivity contribution in [3.05, 3.63) is 52.2 Å². The third-order valence-electron chi connectivity index (χ3n) is 5.50. The van der Waals surface area contributed by atoms with Gasteiger partial charge < -0.3 is 24.8 Å². The average molecular weight is 437 g/mol. The molecule has 0 amide bonds. The summed E-state index contributed by atoms with van der Waals surface area (Å²) in [5.74, 6) is 0.116. The highest BCUT2D eigenvalue weighted by molar-refractivity contribution is 6.31. The molecule has 0 spiro atoms. The highest BCUT2D eigenvalue weighted by Gasteiger charge is 2.42. The number of hydrogen-bond acceptors (Lipinski definition) is 7. The van der Waals surface area contributed by atoms with Crippen molar-refractivity contribution in [1.29, 1.82) is 0 Å². The van der Waals surface area contributed by atoms with Crippen molar-refractivity contribution in [3.63, 3.8) is 0 Å². The SMILES string of the molecule is CCCCOc1ccc(Cc2cc([C@@H]3O[C@H](CO)[C@@H](C)[C@H](O)[C@H]3O)ccc2Cl)nn1. The summed E-state index contributed by atoms with van der Waals surface area (Å²) in [4.78, 5) is 0. The zero-order chi connectivity index (χ0) is 21.7. The maximum Gasteiger partial charge on any atom is 0.233 e. The van der Waals surface area contributed by atoms with Crippen molar-refractivity contribution in [2.75, 3.05) is 13.2 Å². The van der Waals surface area contributed by atoms with E-state index in [4.69, 9.17) is 21.1 Å². The molecular formula is C22H29ClN2O5. The van der Waals surface area contributed by atoms with E-state index < -0.39 is 24.4 Å². The van der Waals surface area contributed by atoms with Crippen LogP contribution in [0.3, 0.4) is 0 Å². The fourth-order valence-corrected chi connectivity index (χ4v) is 3.71. The minimum Gasteiger partial charge on any atom is -0.477 e. The molecule has 7 nitrogen and oxygen atoms in total. The van der Waals surface area contributed by atoms with Gasteiger partial charge in [-0.25, -0.2) is 0 Å². The minimum absolute atomic E-state index is 0.232. The summed E-state index contributed by atoms with van der Waals surface area (Å²) in [6, 6.07) is 8.95. The lowest BCUT2D eigenvalue weighted by Crippen LogP contribution is -2.50. The van der Waals surface area contributed by atoms with Crippen molar-refractivity contribution < 1.29 is 24.8 Å². The third kappa shape index (κ3) is 5.28. The molecule has 1 aromatic heterocycles. The summed E-state index contributed by atoms with van der Waals surface area (Å²) < 4.78 is 11.4. The number of halogens is 1. The Kier molecular flexibility index (Phi) is 8.02. The summed E-state index contributed by atoms with van der Waals surface area (Å²) in [5.41, 5.74) is 2.20. The van der Waals surface area contributed by atoms with Gasteiger partial charge in [0.05, 0.1) is 31.1 Å². The van der Waals surface area contributed by atoms with Crippen molar-refractivity contribution in [2.45, 2.75) is 57.5 Å². The number of hydrogen-bond donors (Lipinski definition) is 3. The van der Waals surface area contributed by atoms with Gasteiger partial charge in [0.15, 0.2) is 0 Å². The molecule has 2 aromatic rings. The molecular weight excluding hydrogens is 408 g/mol. The van der Waals surface area contributed by atoms with Gasteiger partial charge in [0.2, 0.25) is 5.88 Å². The highest BCUT2D eigenvalue weighted by Crippen LogP contribution is 2.36. The smallest absolute Gasteiger partial charge is 0.233 e. The van der Waals surface area contributed by atoms with Gasteiger partial charge in [0.1, 0.15) is 12.2 Å². The predicted molar refractivity (Wildman–Crippen MR) is 113 cm³/mol. The summed E-state index contributed by atoms with van der Waals surface area (Å²) in [7, 11) is 0. The van der Waals surface area contributed by atoms with E-state index in [0.29, 0.717) is 29.5 Å². The van der Waals surface area contributed by atoms with E-state index in [2.05, 4.69) is 17.1 Å². The van der Waals surface area contributed by atoms with Gasteiger partial charge in [0, 0.05) is 23.4 Å². The van der Waals surface area contributed by atoms with Crippen LogP contribution in [0.1, 0.15) is 49.6 Å². The van der Waals surface area contributed by atoms with E-state index >= 15 is 0 Å². The molecule has 1 saturated heterocycles. The number of rotatable bonds is 8. The van der Waals surface area contributed by atoms with Crippen LogP contribution in [0.15, 0.2) is 30.3 Å². The molecule has 1 fully saturated rings. The van der Waals surface area contributed by atoms with Crippen LogP contribution in [-0.4, -0.2) is 57.0 Å². The number of aromatic nitrogens is 2. The Morgan fingerprint density at radius 3 is 2.60 bits per heavy atom. The maximum absolute atomic E-state index is 10.5. The molecule has 3 rings (SSSR count). The molecule has 5 atom stereocenters. The van der Waals surface area contributed by atoms with E-state index in [1.165, 1.54) is 0 Å². The molecule has 30 heavy (non-hydrogen) atoms. The number of aliphatic hydroxyl groups excluding tert-OH is 3. The Balaban J connectivity index is 1.75. The number of nitrogens with zero attached hydrogens (tertiary/aromatic N) is 2. The van der Waals surface area contributed by atoms with Gasteiger partial charge in [0.25, 0.3) is 0 Å². The van der Waals surface area contributed by atoms with Gasteiger partial charge >= 0.3 is 0 Å². The first kappa shape index (κ1) is 22.9. The minimum atomic E-state index is -1.10. The first-order valence-corrected chi connectivity index (χ1v) is 10.7. The quantitative estimate of drug-likeness (QED) is 0.546. The van der Waals surface area contributed by atoms with Gasteiger partial charge in [-0.2, -0.15) is 5.10 Å². The van der Waals surface area contributed by atoms with E-state index in [9.17, 15) is 15.3 Å². The molecule has 2 heterocycles. The molecule has 0 saturated carbocycles. The Hall–Kier alpha value is -1.77. The Morgan fingerprint density at radius 1 is 1.13 bits per heavy atom. The molecule has 0 aliphatic carbocycles. The second kappa shape index (κ2) is 10.5. The first-order valence-electron chi connectivity index (χ1n) is 10.3. The van der Waals surface area contributed by atoms with Crippen LogP contribution in [-0.2, 0) is 11.2 Å². The highest BCUT2D eigenvalue weighted by atomic mass is 35.5. The largest absolute Gasteiger partial charge is 0.477 e. The second-order valence-corrected chi connectivity index (χ2v) is 8.12. The van der Waals surface area contributed by atoms with Crippen molar-refractivity contribution in [2.24, 2.45) is 5.92 Å². The summed E-state index contributed by atoms with van der Waals surface area (Å²) in [6.07, 6.45) is -0.953. The van der Waals surface area contributed by atoms with Crippen LogP contribution < -0.4 is 4.74 Å². The molecule has 3 N–H and O–H groups in total. The van der Waals surface area contributed by atoms with E-state index in [0.717, 1.165) is 24.1 Å². The number of benzene rings is 1. The van der Waals surface area contributed by atoms with Gasteiger partial charge in [-0.05, 0) is 29.7 Å². The average Bonchev–Trinajstić information content (AvgIpc) is 2.75. The summed E-state index contributed by atoms with van der Waals surface area (Å²) in [6.45, 7) is 4.22. The van der Waals surface area contributed by atoms with Gasteiger partial charge in [-0.1, -0.05) is 44.0 Å². The van der Waals surface area contributed by atoms with Crippen molar-refractivity contribution in [1.82, 2.24) is 10.2 Å². The van der Waals surface area contributed by atoms with Crippen LogP contribution in [0.5, 0.6) is 5.88 Å². The Bertz CT molecular complexity index is 818. The monoisotopic (exact) mass is 436 g/mol. The zero-order valence-corrected chi connectivity index (χ0v) is 18.0. The normalized spacial score (nSPS) is 26.5. The molecule has 164 valence electrons. The molecule has 1 aliphatic rings. The molecule has 1 aromatic carbocycles. The van der Waals surface area contributed by atoms with Crippen molar-refractivity contribution in [3.8, 4) is 5.88 Å². The topological polar surface area (TPSA) is 105 Å². The molecule has 0 unspecified atom stereocenters. The van der Waals surface area contributed by atoms with E-state index in [-0.39, 0.29) is 12.5 Å². The van der Waals surface area contributed by atoms with Crippen LogP contribution in [0.25, 0.3) is 0 Å². The van der Waals surface area contributed by atoms with Crippen LogP contribution in [0, 0.1) is 5.92 Å². The number of aliphatic hydroxyl groups is 3. The standard InChI is InChI=1S/C22H29ClN2O5/c1-3-4-9-29-19-8-6-16(24-25-19)11-15-10-14(5-7-17(15)23)22-21(28)20(27)13(2)18(12-26)30-22/h5-8,10,13,18,20-22,26-28H,3-4,9,11-12H2,1-2H3/t13-,18-,20+,21-,22+/m1/s1. The van der Waals surface area contributed by atoms with Gasteiger partial charge in [-0.15, -0.1) is 5.10 Å². The fraction of sp³-hybridized carbons (Fsp3) is 0.545. The Labute approximate surface area is 181 Å². The van der Waals surface area contributed by atoms with Crippen LogP contribution in [0.4, 0.5) is 0 Å². The van der Waals surface area contributed by atoms with Crippen LogP contribution >= 0.6 is 11.6 Å². The maximum atomic E-state index is 10.5.